The number of H-pyrrole nitrogens is 1. The van der Waals surface area contributed by atoms with Gasteiger partial charge in [0.2, 0.25) is 5.91 Å². The van der Waals surface area contributed by atoms with Gasteiger partial charge in [0.25, 0.3) is 0 Å². The summed E-state index contributed by atoms with van der Waals surface area (Å²) in [7, 11) is 0. The summed E-state index contributed by atoms with van der Waals surface area (Å²) in [4.78, 5) is 18.5. The molecule has 0 saturated carbocycles. The molecule has 20 heavy (non-hydrogen) atoms. The van der Waals surface area contributed by atoms with Crippen molar-refractivity contribution in [2.75, 3.05) is 0 Å². The van der Waals surface area contributed by atoms with E-state index in [-0.39, 0.29) is 0 Å². The summed E-state index contributed by atoms with van der Waals surface area (Å²) in [5.41, 5.74) is 9.81. The Morgan fingerprint density at radius 1 is 1.10 bits per heavy atom. The summed E-state index contributed by atoms with van der Waals surface area (Å²) in [5.74, 6) is -0.464. The van der Waals surface area contributed by atoms with E-state index in [0.717, 1.165) is 27.7 Å². The van der Waals surface area contributed by atoms with Gasteiger partial charge in [0.05, 0.1) is 17.4 Å². The number of fused-ring (bicyclic) bond motifs is 1. The summed E-state index contributed by atoms with van der Waals surface area (Å²) in [6.07, 6.45) is 3.10. The van der Waals surface area contributed by atoms with Crippen molar-refractivity contribution in [1.29, 1.82) is 0 Å². The van der Waals surface area contributed by atoms with Crippen LogP contribution in [0.4, 0.5) is 0 Å². The van der Waals surface area contributed by atoms with Gasteiger partial charge in [0, 0.05) is 6.08 Å². The Morgan fingerprint density at radius 2 is 1.90 bits per heavy atom. The van der Waals surface area contributed by atoms with Crippen LogP contribution in [0.2, 0.25) is 0 Å². The lowest BCUT2D eigenvalue weighted by Gasteiger charge is -2.08. The van der Waals surface area contributed by atoms with Crippen LogP contribution >= 0.6 is 0 Å². The van der Waals surface area contributed by atoms with Crippen LogP contribution in [0.1, 0.15) is 11.1 Å². The molecule has 0 atom stereocenters. The number of aromatic amines is 1. The van der Waals surface area contributed by atoms with E-state index >= 15 is 0 Å². The zero-order chi connectivity index (χ0) is 13.9. The van der Waals surface area contributed by atoms with Gasteiger partial charge in [-0.25, -0.2) is 4.98 Å². The molecule has 0 radical (unpaired) electrons. The maximum atomic E-state index is 11.3. The van der Waals surface area contributed by atoms with Crippen LogP contribution in [0.15, 0.2) is 60.9 Å². The minimum Gasteiger partial charge on any atom is -0.366 e. The predicted molar refractivity (Wildman–Crippen MR) is 78.8 cm³/mol. The van der Waals surface area contributed by atoms with Crippen LogP contribution in [-0.4, -0.2) is 15.9 Å². The Labute approximate surface area is 116 Å². The average molecular weight is 263 g/mol. The van der Waals surface area contributed by atoms with Crippen molar-refractivity contribution in [2.45, 2.75) is 0 Å². The van der Waals surface area contributed by atoms with Gasteiger partial charge >= 0.3 is 0 Å². The van der Waals surface area contributed by atoms with Crippen LogP contribution in [-0.2, 0) is 4.79 Å². The maximum absolute atomic E-state index is 11.3. The number of carbonyl (C=O) groups is 1. The van der Waals surface area contributed by atoms with Gasteiger partial charge in [-0.1, -0.05) is 36.4 Å². The second kappa shape index (κ2) is 5.01. The van der Waals surface area contributed by atoms with E-state index in [4.69, 9.17) is 5.73 Å². The lowest BCUT2D eigenvalue weighted by Crippen LogP contribution is -2.07. The van der Waals surface area contributed by atoms with Crippen molar-refractivity contribution in [1.82, 2.24) is 9.97 Å². The molecule has 0 fully saturated rings. The summed E-state index contributed by atoms with van der Waals surface area (Å²) in [5, 5.41) is 0. The molecule has 4 heteroatoms. The topological polar surface area (TPSA) is 71.8 Å². The number of hydrogen-bond donors (Lipinski definition) is 2. The molecule has 1 amide bonds. The minimum atomic E-state index is -0.464. The Kier molecular flexibility index (Phi) is 3.05. The first-order valence-electron chi connectivity index (χ1n) is 6.24. The molecule has 3 rings (SSSR count). The van der Waals surface area contributed by atoms with E-state index in [9.17, 15) is 4.79 Å². The van der Waals surface area contributed by atoms with E-state index < -0.39 is 5.91 Å². The Balaban J connectivity index is 2.16. The number of benzene rings is 2. The van der Waals surface area contributed by atoms with Crippen LogP contribution in [0.25, 0.3) is 16.6 Å². The minimum absolute atomic E-state index is 0.464. The highest BCUT2D eigenvalue weighted by Gasteiger charge is 2.08. The van der Waals surface area contributed by atoms with E-state index in [1.165, 1.54) is 6.08 Å². The normalized spacial score (nSPS) is 11.7. The molecule has 0 aliphatic rings. The quantitative estimate of drug-likeness (QED) is 0.712. The first-order valence-corrected chi connectivity index (χ1v) is 6.24. The molecule has 1 heterocycles. The number of carbonyl (C=O) groups excluding carboxylic acids is 1. The molecule has 0 bridgehead atoms. The molecular formula is C16H13N3O. The van der Waals surface area contributed by atoms with E-state index in [1.54, 1.807) is 6.33 Å². The molecule has 3 N–H and O–H groups in total. The number of aromatic nitrogens is 2. The van der Waals surface area contributed by atoms with Gasteiger partial charge in [-0.15, -0.1) is 0 Å². The van der Waals surface area contributed by atoms with Crippen molar-refractivity contribution in [3.63, 3.8) is 0 Å². The Bertz CT molecular complexity index is 788. The van der Waals surface area contributed by atoms with Crippen LogP contribution < -0.4 is 5.73 Å². The average Bonchev–Trinajstić information content (AvgIpc) is 2.93. The van der Waals surface area contributed by atoms with Crippen molar-refractivity contribution < 1.29 is 4.79 Å². The molecule has 98 valence electrons. The number of nitrogens with two attached hydrogens (primary N) is 1. The smallest absolute Gasteiger partial charge is 0.242 e. The third-order valence-corrected chi connectivity index (χ3v) is 3.10. The largest absolute Gasteiger partial charge is 0.366 e. The summed E-state index contributed by atoms with van der Waals surface area (Å²) < 4.78 is 0. The van der Waals surface area contributed by atoms with E-state index in [1.807, 2.05) is 48.5 Å². The number of imidazole rings is 1. The number of hydrogen-bond acceptors (Lipinski definition) is 2. The number of primary amides is 1. The highest BCUT2D eigenvalue weighted by molar-refractivity contribution is 5.99. The summed E-state index contributed by atoms with van der Waals surface area (Å²) >= 11 is 0. The standard InChI is InChI=1S/C16H13N3O/c17-16(20)9-13(11-4-2-1-3-5-11)12-6-7-14-15(8-12)19-10-18-14/h1-10H,(H2,17,20)(H,18,19). The molecule has 0 aliphatic carbocycles. The molecule has 4 nitrogen and oxygen atoms in total. The third-order valence-electron chi connectivity index (χ3n) is 3.10. The van der Waals surface area contributed by atoms with Gasteiger partial charge in [0.15, 0.2) is 0 Å². The number of nitrogens with one attached hydrogen (secondary N) is 1. The maximum Gasteiger partial charge on any atom is 0.242 e. The zero-order valence-electron chi connectivity index (χ0n) is 10.7. The SMILES string of the molecule is NC(=O)C=C(c1ccccc1)c1ccc2nc[nH]c2c1. The van der Waals surface area contributed by atoms with Gasteiger partial charge in [-0.2, -0.15) is 0 Å². The fourth-order valence-corrected chi connectivity index (χ4v) is 2.20. The van der Waals surface area contributed by atoms with Gasteiger partial charge in [-0.3, -0.25) is 4.79 Å². The van der Waals surface area contributed by atoms with Crippen LogP contribution in [0, 0.1) is 0 Å². The lowest BCUT2D eigenvalue weighted by atomic mass is 9.97. The van der Waals surface area contributed by atoms with E-state index in [0.29, 0.717) is 0 Å². The highest BCUT2D eigenvalue weighted by atomic mass is 16.1. The van der Waals surface area contributed by atoms with E-state index in [2.05, 4.69) is 9.97 Å². The summed E-state index contributed by atoms with van der Waals surface area (Å²) in [6, 6.07) is 15.5. The van der Waals surface area contributed by atoms with Crippen LogP contribution in [0.5, 0.6) is 0 Å². The molecule has 2 aromatic carbocycles. The Morgan fingerprint density at radius 3 is 2.65 bits per heavy atom. The fraction of sp³-hybridized carbons (Fsp3) is 0. The fourth-order valence-electron chi connectivity index (χ4n) is 2.20. The van der Waals surface area contributed by atoms with Gasteiger partial charge in [-0.05, 0) is 28.8 Å². The predicted octanol–water partition coefficient (Wildman–Crippen LogP) is 2.48. The number of rotatable bonds is 3. The summed E-state index contributed by atoms with van der Waals surface area (Å²) in [6.45, 7) is 0. The molecule has 0 spiro atoms. The number of amides is 1. The van der Waals surface area contributed by atoms with Gasteiger partial charge in [0.1, 0.15) is 0 Å². The van der Waals surface area contributed by atoms with Gasteiger partial charge < -0.3 is 10.7 Å². The van der Waals surface area contributed by atoms with Crippen LogP contribution in [0.3, 0.4) is 0 Å². The monoisotopic (exact) mass is 263 g/mol. The van der Waals surface area contributed by atoms with Crippen molar-refractivity contribution in [3.8, 4) is 0 Å². The lowest BCUT2D eigenvalue weighted by molar-refractivity contribution is -0.113. The highest BCUT2D eigenvalue weighted by Crippen LogP contribution is 2.25. The molecule has 0 aliphatic heterocycles. The zero-order valence-corrected chi connectivity index (χ0v) is 10.7. The number of nitrogens with zero attached hydrogens (tertiary/aromatic N) is 1. The van der Waals surface area contributed by atoms with Crippen molar-refractivity contribution in [2.24, 2.45) is 5.73 Å². The van der Waals surface area contributed by atoms with Crippen molar-refractivity contribution in [3.05, 3.63) is 72.1 Å². The molecule has 0 unspecified atom stereocenters. The molecule has 0 saturated heterocycles. The first kappa shape index (κ1) is 12.2. The Hall–Kier alpha value is -2.88. The molecular weight excluding hydrogens is 250 g/mol. The van der Waals surface area contributed by atoms with Crippen molar-refractivity contribution >= 4 is 22.5 Å². The first-order chi connectivity index (χ1) is 9.74. The molecule has 3 aromatic rings. The second-order valence-corrected chi connectivity index (χ2v) is 4.46. The second-order valence-electron chi connectivity index (χ2n) is 4.46. The third kappa shape index (κ3) is 2.31. The molecule has 1 aromatic heterocycles.